The zero-order valence-corrected chi connectivity index (χ0v) is 19.4. The Bertz CT molecular complexity index is 1040. The third-order valence-electron chi connectivity index (χ3n) is 3.45. The number of anilines is 1. The fraction of sp³-hybridized carbons (Fsp3) is 0. The summed E-state index contributed by atoms with van der Waals surface area (Å²) in [5, 5.41) is 6.51. The third-order valence-corrected chi connectivity index (χ3v) is 5.86. The molecule has 4 nitrogen and oxygen atoms in total. The molecule has 0 fully saturated rings. The molecule has 1 heterocycles. The summed E-state index contributed by atoms with van der Waals surface area (Å²) in [6, 6.07) is 14.1. The minimum atomic E-state index is -0.468. The fourth-order valence-electron chi connectivity index (χ4n) is 2.21. The average molecular weight is 596 g/mol. The SMILES string of the molecule is O=C(NC(=S)Nc1ccc(Br)cc1I)c1ccc(-c2cccc(Cl)c2Cl)o1. The summed E-state index contributed by atoms with van der Waals surface area (Å²) >= 11 is 23.0. The number of hydrogen-bond acceptors (Lipinski definition) is 3. The molecule has 0 radical (unpaired) electrons. The monoisotopic (exact) mass is 594 g/mol. The van der Waals surface area contributed by atoms with Crippen molar-refractivity contribution in [3.63, 3.8) is 0 Å². The van der Waals surface area contributed by atoms with Gasteiger partial charge >= 0.3 is 0 Å². The van der Waals surface area contributed by atoms with Crippen LogP contribution in [0.25, 0.3) is 11.3 Å². The Labute approximate surface area is 192 Å². The van der Waals surface area contributed by atoms with Crippen LogP contribution in [0.4, 0.5) is 5.69 Å². The van der Waals surface area contributed by atoms with Crippen molar-refractivity contribution < 1.29 is 9.21 Å². The molecule has 9 heteroatoms. The number of nitrogens with one attached hydrogen (secondary N) is 2. The topological polar surface area (TPSA) is 54.3 Å². The van der Waals surface area contributed by atoms with Crippen LogP contribution >= 0.6 is 73.9 Å². The van der Waals surface area contributed by atoms with Crippen LogP contribution in [-0.4, -0.2) is 11.0 Å². The van der Waals surface area contributed by atoms with E-state index in [0.717, 1.165) is 13.7 Å². The summed E-state index contributed by atoms with van der Waals surface area (Å²) in [5.41, 5.74) is 1.39. The smallest absolute Gasteiger partial charge is 0.293 e. The lowest BCUT2D eigenvalue weighted by Gasteiger charge is -2.10. The van der Waals surface area contributed by atoms with Crippen molar-refractivity contribution in [1.82, 2.24) is 5.32 Å². The zero-order valence-electron chi connectivity index (χ0n) is 13.4. The second kappa shape index (κ2) is 8.91. The number of halogens is 4. The molecule has 0 aliphatic heterocycles. The maximum Gasteiger partial charge on any atom is 0.293 e. The van der Waals surface area contributed by atoms with E-state index in [2.05, 4.69) is 49.2 Å². The van der Waals surface area contributed by atoms with Gasteiger partial charge in [0, 0.05) is 13.6 Å². The molecule has 27 heavy (non-hydrogen) atoms. The second-order valence-corrected chi connectivity index (χ2v) is 8.57. The van der Waals surface area contributed by atoms with E-state index in [-0.39, 0.29) is 10.9 Å². The molecule has 2 aromatic carbocycles. The van der Waals surface area contributed by atoms with Crippen LogP contribution in [0.1, 0.15) is 10.6 Å². The van der Waals surface area contributed by atoms with Gasteiger partial charge in [0.2, 0.25) is 0 Å². The summed E-state index contributed by atoms with van der Waals surface area (Å²) < 4.78 is 7.51. The lowest BCUT2D eigenvalue weighted by molar-refractivity contribution is 0.0951. The molecular weight excluding hydrogens is 586 g/mol. The van der Waals surface area contributed by atoms with E-state index >= 15 is 0 Å². The number of carbonyl (C=O) groups excluding carboxylic acids is 1. The van der Waals surface area contributed by atoms with Crippen molar-refractivity contribution in [2.75, 3.05) is 5.32 Å². The first kappa shape index (κ1) is 20.6. The van der Waals surface area contributed by atoms with Gasteiger partial charge in [0.1, 0.15) is 5.76 Å². The molecule has 0 atom stereocenters. The first-order valence-electron chi connectivity index (χ1n) is 7.47. The largest absolute Gasteiger partial charge is 0.451 e. The minimum absolute atomic E-state index is 0.107. The quantitative estimate of drug-likeness (QED) is 0.260. The van der Waals surface area contributed by atoms with E-state index in [1.54, 1.807) is 30.3 Å². The molecule has 138 valence electrons. The first-order chi connectivity index (χ1) is 12.8. The van der Waals surface area contributed by atoms with Gasteiger partial charge in [-0.2, -0.15) is 0 Å². The van der Waals surface area contributed by atoms with Crippen molar-refractivity contribution in [3.05, 3.63) is 72.4 Å². The molecule has 0 bridgehead atoms. The maximum atomic E-state index is 12.4. The molecule has 3 aromatic rings. The maximum absolute atomic E-state index is 12.4. The van der Waals surface area contributed by atoms with Gasteiger partial charge in [-0.15, -0.1) is 0 Å². The zero-order chi connectivity index (χ0) is 19.6. The molecule has 3 rings (SSSR count). The standard InChI is InChI=1S/C18H10BrCl2IN2O2S/c19-9-4-5-13(12(22)8-9)23-18(27)24-17(25)15-7-6-14(26-15)10-2-1-3-11(20)16(10)21/h1-8H,(H2,23,24,25,27). The molecule has 0 aliphatic carbocycles. The Balaban J connectivity index is 1.70. The number of hydrogen-bond donors (Lipinski definition) is 2. The minimum Gasteiger partial charge on any atom is -0.451 e. The molecule has 0 aliphatic rings. The Hall–Kier alpha value is -1.13. The fourth-order valence-corrected chi connectivity index (χ4v) is 4.24. The predicted octanol–water partition coefficient (Wildman–Crippen LogP) is 6.75. The Morgan fingerprint density at radius 3 is 2.67 bits per heavy atom. The highest BCUT2D eigenvalue weighted by molar-refractivity contribution is 14.1. The van der Waals surface area contributed by atoms with Crippen molar-refractivity contribution in [2.24, 2.45) is 0 Å². The first-order valence-corrected chi connectivity index (χ1v) is 10.5. The number of benzene rings is 2. The molecule has 0 saturated carbocycles. The van der Waals surface area contributed by atoms with Gasteiger partial charge in [-0.25, -0.2) is 0 Å². The average Bonchev–Trinajstić information content (AvgIpc) is 3.10. The summed E-state index contributed by atoms with van der Waals surface area (Å²) in [5.74, 6) is 0.0775. The van der Waals surface area contributed by atoms with Crippen LogP contribution in [0.5, 0.6) is 0 Å². The van der Waals surface area contributed by atoms with Crippen LogP contribution in [0, 0.1) is 3.57 Å². The summed E-state index contributed by atoms with van der Waals surface area (Å²) in [6.45, 7) is 0. The van der Waals surface area contributed by atoms with Crippen LogP contribution in [0.3, 0.4) is 0 Å². The van der Waals surface area contributed by atoms with E-state index in [9.17, 15) is 4.79 Å². The number of amides is 1. The van der Waals surface area contributed by atoms with E-state index < -0.39 is 5.91 Å². The van der Waals surface area contributed by atoms with E-state index in [1.807, 2.05) is 18.2 Å². The molecule has 1 aromatic heterocycles. The van der Waals surface area contributed by atoms with Gasteiger partial charge in [-0.05, 0) is 77.3 Å². The van der Waals surface area contributed by atoms with E-state index in [1.165, 1.54) is 0 Å². The summed E-state index contributed by atoms with van der Waals surface area (Å²) in [4.78, 5) is 12.4. The Morgan fingerprint density at radius 1 is 1.15 bits per heavy atom. The van der Waals surface area contributed by atoms with Gasteiger partial charge in [0.25, 0.3) is 5.91 Å². The van der Waals surface area contributed by atoms with Gasteiger partial charge < -0.3 is 9.73 Å². The van der Waals surface area contributed by atoms with Gasteiger partial charge in [0.05, 0.1) is 15.7 Å². The van der Waals surface area contributed by atoms with Gasteiger partial charge in [-0.1, -0.05) is 45.2 Å². The highest BCUT2D eigenvalue weighted by Crippen LogP contribution is 2.34. The van der Waals surface area contributed by atoms with Crippen LogP contribution in [0.15, 0.2) is 57.4 Å². The van der Waals surface area contributed by atoms with Crippen molar-refractivity contribution in [3.8, 4) is 11.3 Å². The van der Waals surface area contributed by atoms with Crippen molar-refractivity contribution in [1.29, 1.82) is 0 Å². The lowest BCUT2D eigenvalue weighted by atomic mass is 10.2. The summed E-state index contributed by atoms with van der Waals surface area (Å²) in [6.07, 6.45) is 0. The number of furan rings is 1. The Morgan fingerprint density at radius 2 is 1.93 bits per heavy atom. The molecule has 0 saturated heterocycles. The lowest BCUT2D eigenvalue weighted by Crippen LogP contribution is -2.34. The highest BCUT2D eigenvalue weighted by atomic mass is 127. The van der Waals surface area contributed by atoms with E-state index in [0.29, 0.717) is 21.4 Å². The number of thiocarbonyl (C=S) groups is 1. The third kappa shape index (κ3) is 5.03. The highest BCUT2D eigenvalue weighted by Gasteiger charge is 2.16. The predicted molar refractivity (Wildman–Crippen MR) is 125 cm³/mol. The van der Waals surface area contributed by atoms with Crippen molar-refractivity contribution in [2.45, 2.75) is 0 Å². The molecular formula is C18H10BrCl2IN2O2S. The molecule has 0 spiro atoms. The van der Waals surface area contributed by atoms with Gasteiger partial charge in [0.15, 0.2) is 10.9 Å². The summed E-state index contributed by atoms with van der Waals surface area (Å²) in [7, 11) is 0. The van der Waals surface area contributed by atoms with E-state index in [4.69, 9.17) is 39.8 Å². The van der Waals surface area contributed by atoms with Crippen LogP contribution in [0.2, 0.25) is 10.0 Å². The van der Waals surface area contributed by atoms with Crippen LogP contribution in [-0.2, 0) is 0 Å². The Kier molecular flexibility index (Phi) is 6.80. The van der Waals surface area contributed by atoms with Gasteiger partial charge in [-0.3, -0.25) is 10.1 Å². The molecule has 0 unspecified atom stereocenters. The second-order valence-electron chi connectivity index (χ2n) is 5.30. The number of rotatable bonds is 3. The molecule has 2 N–H and O–H groups in total. The number of carbonyl (C=O) groups is 1. The normalized spacial score (nSPS) is 10.5. The van der Waals surface area contributed by atoms with Crippen LogP contribution < -0.4 is 10.6 Å². The molecule has 1 amide bonds. The van der Waals surface area contributed by atoms with Crippen molar-refractivity contribution >= 4 is 90.6 Å².